The fourth-order valence-corrected chi connectivity index (χ4v) is 7.09. The summed E-state index contributed by atoms with van der Waals surface area (Å²) >= 11 is 0. The molecule has 8 heteroatoms. The number of likely N-dealkylation sites (tertiary alicyclic amines) is 1. The van der Waals surface area contributed by atoms with E-state index in [0.717, 1.165) is 50.5 Å². The van der Waals surface area contributed by atoms with Crippen LogP contribution in [0.25, 0.3) is 0 Å². The van der Waals surface area contributed by atoms with Crippen LogP contribution in [0.15, 0.2) is 30.3 Å². The summed E-state index contributed by atoms with van der Waals surface area (Å²) in [6, 6.07) is 7.70. The largest absolute Gasteiger partial charge is 0.510 e. The van der Waals surface area contributed by atoms with E-state index in [1.54, 1.807) is 13.8 Å². The second-order valence-electron chi connectivity index (χ2n) is 11.6. The van der Waals surface area contributed by atoms with Gasteiger partial charge in [0.05, 0.1) is 12.6 Å². The van der Waals surface area contributed by atoms with Crippen molar-refractivity contribution in [2.75, 3.05) is 6.61 Å². The van der Waals surface area contributed by atoms with E-state index in [1.165, 1.54) is 19.3 Å². The molecule has 216 valence electrons. The highest BCUT2D eigenvalue weighted by atomic mass is 16.7. The highest BCUT2D eigenvalue weighted by Crippen LogP contribution is 2.49. The van der Waals surface area contributed by atoms with Crippen molar-refractivity contribution < 1.29 is 28.6 Å². The van der Waals surface area contributed by atoms with E-state index in [2.05, 4.69) is 0 Å². The Balaban J connectivity index is 1.65. The lowest BCUT2D eigenvalue weighted by molar-refractivity contribution is -0.181. The molecular weight excluding hydrogens is 496 g/mol. The minimum Gasteiger partial charge on any atom is -0.465 e. The first-order chi connectivity index (χ1) is 18.9. The van der Waals surface area contributed by atoms with Crippen molar-refractivity contribution in [1.29, 1.82) is 0 Å². The van der Waals surface area contributed by atoms with Gasteiger partial charge in [-0.1, -0.05) is 75.3 Å². The van der Waals surface area contributed by atoms with E-state index in [0.29, 0.717) is 18.8 Å². The fraction of sp³-hybridized carbons (Fsp3) is 0.710. The molecule has 1 unspecified atom stereocenters. The van der Waals surface area contributed by atoms with Gasteiger partial charge in [0, 0.05) is 12.5 Å². The quantitative estimate of drug-likeness (QED) is 0.365. The minimum atomic E-state index is -1.66. The Morgan fingerprint density at radius 2 is 1.69 bits per heavy atom. The number of fused-ring (bicyclic) bond motifs is 1. The molecule has 1 aliphatic heterocycles. The van der Waals surface area contributed by atoms with Gasteiger partial charge in [-0.15, -0.1) is 0 Å². The third-order valence-corrected chi connectivity index (χ3v) is 8.90. The zero-order valence-corrected chi connectivity index (χ0v) is 23.6. The first-order valence-electron chi connectivity index (χ1n) is 15.0. The Labute approximate surface area is 232 Å². The predicted molar refractivity (Wildman–Crippen MR) is 148 cm³/mol. The summed E-state index contributed by atoms with van der Waals surface area (Å²) in [7, 11) is 0. The number of rotatable bonds is 11. The third kappa shape index (κ3) is 7.01. The number of esters is 1. The van der Waals surface area contributed by atoms with Crippen LogP contribution in [0.5, 0.6) is 0 Å². The van der Waals surface area contributed by atoms with Crippen LogP contribution in [-0.2, 0) is 30.4 Å². The summed E-state index contributed by atoms with van der Waals surface area (Å²) < 4.78 is 17.2. The maximum atomic E-state index is 14.0. The zero-order chi connectivity index (χ0) is 27.8. The summed E-state index contributed by atoms with van der Waals surface area (Å²) in [6.45, 7) is 3.68. The van der Waals surface area contributed by atoms with Gasteiger partial charge < -0.3 is 19.9 Å². The molecule has 1 heterocycles. The van der Waals surface area contributed by atoms with Gasteiger partial charge in [0.15, 0.2) is 0 Å². The number of carbonyl (C=O) groups excluding carboxylic acids is 3. The van der Waals surface area contributed by atoms with Gasteiger partial charge in [-0.2, -0.15) is 0 Å². The Hall–Kier alpha value is -2.45. The fourth-order valence-electron chi connectivity index (χ4n) is 7.09. The number of hydrogen-bond donors (Lipinski definition) is 1. The zero-order valence-electron chi connectivity index (χ0n) is 23.6. The van der Waals surface area contributed by atoms with Crippen LogP contribution in [0, 0.1) is 11.8 Å². The van der Waals surface area contributed by atoms with Gasteiger partial charge in [0.25, 0.3) is 0 Å². The highest BCUT2D eigenvalue weighted by Gasteiger charge is 2.62. The van der Waals surface area contributed by atoms with Crippen molar-refractivity contribution >= 4 is 17.9 Å². The lowest BCUT2D eigenvalue weighted by Gasteiger charge is -2.44. The molecule has 8 nitrogen and oxygen atoms in total. The summed E-state index contributed by atoms with van der Waals surface area (Å²) in [5.41, 5.74) is 5.35. The molecule has 5 atom stereocenters. The Morgan fingerprint density at radius 3 is 2.38 bits per heavy atom. The standard InChI is InChI=1S/C31H46N2O6/c1-3-37-29(35)27(19-18-23-12-6-4-7-13-23)33-26-17-11-10-16-25(26)20-31(33,28(34)22(2)32)39-30(36)38-21-24-14-8-5-9-15-24/h5,8-9,14-15,22-23,25-27H,3-4,6-7,10-13,16-21,32H2,1-2H3/t22?,25-,26-,27-,31-/m0/s1. The van der Waals surface area contributed by atoms with Crippen molar-refractivity contribution in [2.45, 2.75) is 121 Å². The lowest BCUT2D eigenvalue weighted by Crippen LogP contribution is -2.64. The molecule has 2 N–H and O–H groups in total. The molecule has 1 saturated heterocycles. The van der Waals surface area contributed by atoms with Crippen LogP contribution in [0.3, 0.4) is 0 Å². The first kappa shape index (κ1) is 29.5. The summed E-state index contributed by atoms with van der Waals surface area (Å²) in [5.74, 6) is -0.0751. The van der Waals surface area contributed by atoms with Crippen LogP contribution in [-0.4, -0.2) is 53.3 Å². The van der Waals surface area contributed by atoms with Crippen LogP contribution in [0.4, 0.5) is 4.79 Å². The number of hydrogen-bond acceptors (Lipinski definition) is 8. The molecule has 0 aromatic heterocycles. The number of carbonyl (C=O) groups is 3. The number of ketones is 1. The first-order valence-corrected chi connectivity index (χ1v) is 15.0. The molecule has 0 spiro atoms. The molecule has 39 heavy (non-hydrogen) atoms. The highest BCUT2D eigenvalue weighted by molar-refractivity contribution is 5.93. The Morgan fingerprint density at radius 1 is 1.00 bits per heavy atom. The van der Waals surface area contributed by atoms with E-state index in [-0.39, 0.29) is 36.9 Å². The molecule has 4 rings (SSSR count). The van der Waals surface area contributed by atoms with E-state index >= 15 is 0 Å². The maximum absolute atomic E-state index is 14.0. The van der Waals surface area contributed by atoms with Gasteiger partial charge in [0.1, 0.15) is 12.6 Å². The minimum absolute atomic E-state index is 0.0258. The molecule has 0 amide bonds. The van der Waals surface area contributed by atoms with Crippen LogP contribution < -0.4 is 5.73 Å². The van der Waals surface area contributed by atoms with Gasteiger partial charge in [-0.3, -0.25) is 9.59 Å². The number of benzene rings is 1. The van der Waals surface area contributed by atoms with Crippen molar-refractivity contribution in [3.8, 4) is 0 Å². The molecule has 1 aromatic rings. The van der Waals surface area contributed by atoms with Gasteiger partial charge in [0.2, 0.25) is 11.5 Å². The summed E-state index contributed by atoms with van der Waals surface area (Å²) in [4.78, 5) is 42.7. The number of Topliss-reactive ketones (excluding diaryl/α,β-unsaturated/α-hetero) is 1. The SMILES string of the molecule is CCOC(=O)[C@H](CCC1CCCCC1)N1[C@H]2CCCC[C@H]2C[C@]1(OC(=O)OCc1ccccc1)C(=O)C(C)N. The average Bonchev–Trinajstić information content (AvgIpc) is 3.27. The molecule has 0 radical (unpaired) electrons. The van der Waals surface area contributed by atoms with Crippen molar-refractivity contribution in [2.24, 2.45) is 17.6 Å². The summed E-state index contributed by atoms with van der Waals surface area (Å²) in [6.07, 6.45) is 10.6. The van der Waals surface area contributed by atoms with Crippen LogP contribution >= 0.6 is 0 Å². The Kier molecular flexibility index (Phi) is 10.4. The molecule has 3 aliphatic rings. The normalized spacial score (nSPS) is 27.3. The molecule has 2 aliphatic carbocycles. The molecule has 1 aromatic carbocycles. The third-order valence-electron chi connectivity index (χ3n) is 8.90. The van der Waals surface area contributed by atoms with E-state index in [4.69, 9.17) is 19.9 Å². The molecular formula is C31H46N2O6. The van der Waals surface area contributed by atoms with E-state index in [1.807, 2.05) is 35.2 Å². The maximum Gasteiger partial charge on any atom is 0.510 e. The van der Waals surface area contributed by atoms with Gasteiger partial charge in [-0.25, -0.2) is 9.69 Å². The number of ether oxygens (including phenoxy) is 3. The second kappa shape index (κ2) is 13.8. The average molecular weight is 543 g/mol. The summed E-state index contributed by atoms with van der Waals surface area (Å²) in [5, 5.41) is 0. The monoisotopic (exact) mass is 542 g/mol. The van der Waals surface area contributed by atoms with Crippen molar-refractivity contribution in [3.05, 3.63) is 35.9 Å². The van der Waals surface area contributed by atoms with Crippen molar-refractivity contribution in [1.82, 2.24) is 4.90 Å². The lowest BCUT2D eigenvalue weighted by atomic mass is 9.83. The van der Waals surface area contributed by atoms with E-state index < -0.39 is 24.0 Å². The van der Waals surface area contributed by atoms with E-state index in [9.17, 15) is 14.4 Å². The smallest absolute Gasteiger partial charge is 0.465 e. The molecule has 2 saturated carbocycles. The number of nitrogens with two attached hydrogens (primary N) is 1. The molecule has 3 fully saturated rings. The topological polar surface area (TPSA) is 108 Å². The molecule has 0 bridgehead atoms. The number of nitrogens with zero attached hydrogens (tertiary/aromatic N) is 1. The van der Waals surface area contributed by atoms with Crippen molar-refractivity contribution in [3.63, 3.8) is 0 Å². The predicted octanol–water partition coefficient (Wildman–Crippen LogP) is 5.51. The van der Waals surface area contributed by atoms with Crippen LogP contribution in [0.2, 0.25) is 0 Å². The van der Waals surface area contributed by atoms with Crippen LogP contribution in [0.1, 0.15) is 96.5 Å². The van der Waals surface area contributed by atoms with Gasteiger partial charge in [-0.05, 0) is 56.9 Å². The second-order valence-corrected chi connectivity index (χ2v) is 11.6. The Bertz CT molecular complexity index is 963. The van der Waals surface area contributed by atoms with Gasteiger partial charge >= 0.3 is 12.1 Å².